The highest BCUT2D eigenvalue weighted by molar-refractivity contribution is 6.07. The normalized spacial score (nSPS) is 13.5. The average Bonchev–Trinajstić information content (AvgIpc) is 2.91. The van der Waals surface area contributed by atoms with E-state index in [4.69, 9.17) is 0 Å². The number of aromatic nitrogens is 2. The first kappa shape index (κ1) is 23.2. The van der Waals surface area contributed by atoms with Gasteiger partial charge in [-0.25, -0.2) is 4.68 Å². The van der Waals surface area contributed by atoms with Crippen LogP contribution in [0.3, 0.4) is 0 Å². The Labute approximate surface area is 207 Å². The van der Waals surface area contributed by atoms with Gasteiger partial charge in [-0.3, -0.25) is 19.7 Å². The molecule has 2 heterocycles. The highest BCUT2D eigenvalue weighted by Gasteiger charge is 2.19. The van der Waals surface area contributed by atoms with Crippen molar-refractivity contribution in [1.82, 2.24) is 9.78 Å². The molecule has 0 radical (unpaired) electrons. The van der Waals surface area contributed by atoms with Gasteiger partial charge in [0.05, 0.1) is 27.4 Å². The van der Waals surface area contributed by atoms with Gasteiger partial charge in [-0.15, -0.1) is 0 Å². The van der Waals surface area contributed by atoms with Crippen molar-refractivity contribution in [3.8, 4) is 11.3 Å². The summed E-state index contributed by atoms with van der Waals surface area (Å²) in [6.45, 7) is 1.78. The van der Waals surface area contributed by atoms with Crippen LogP contribution in [0, 0.1) is 10.1 Å². The Balaban J connectivity index is 1.58. The molecule has 182 valence electrons. The lowest BCUT2D eigenvalue weighted by Gasteiger charge is -2.31. The van der Waals surface area contributed by atoms with Crippen LogP contribution in [0.2, 0.25) is 0 Å². The van der Waals surface area contributed by atoms with Crippen LogP contribution in [0.5, 0.6) is 0 Å². The number of carbonyl (C=O) groups excluding carboxylic acids is 1. The average molecular weight is 484 g/mol. The summed E-state index contributed by atoms with van der Waals surface area (Å²) in [6, 6.07) is 18.7. The van der Waals surface area contributed by atoms with Crippen molar-refractivity contribution in [1.29, 1.82) is 0 Å². The molecule has 9 heteroatoms. The number of aryl methyl sites for hydroxylation is 1. The number of benzene rings is 3. The summed E-state index contributed by atoms with van der Waals surface area (Å²) in [5.74, 6) is -0.362. The third kappa shape index (κ3) is 4.43. The fraction of sp³-hybridized carbons (Fsp3) is 0.222. The second-order valence-electron chi connectivity index (χ2n) is 8.86. The molecule has 0 bridgehead atoms. The van der Waals surface area contributed by atoms with Crippen LogP contribution in [-0.4, -0.2) is 33.7 Å². The van der Waals surface area contributed by atoms with Crippen LogP contribution in [-0.2, 0) is 7.05 Å². The minimum atomic E-state index is -0.496. The minimum Gasteiger partial charge on any atom is -0.370 e. The number of hydrogen-bond acceptors (Lipinski definition) is 6. The highest BCUT2D eigenvalue weighted by atomic mass is 16.6. The van der Waals surface area contributed by atoms with E-state index in [0.29, 0.717) is 22.3 Å². The number of nitro groups is 1. The number of piperidine rings is 1. The quantitative estimate of drug-likeness (QED) is 0.324. The number of anilines is 2. The lowest BCUT2D eigenvalue weighted by Crippen LogP contribution is -2.30. The van der Waals surface area contributed by atoms with Gasteiger partial charge < -0.3 is 10.2 Å². The molecule has 1 fully saturated rings. The molecule has 1 aromatic heterocycles. The second kappa shape index (κ2) is 9.61. The SMILES string of the molecule is Cn1nc(-c2ccc(N3CCCCC3)c(NC(=O)c3ccc([N+](=O)[O-])cc3)c2)c2ccccc2c1=O. The van der Waals surface area contributed by atoms with Crippen LogP contribution >= 0.6 is 0 Å². The number of carbonyl (C=O) groups is 1. The monoisotopic (exact) mass is 483 g/mol. The van der Waals surface area contributed by atoms with Gasteiger partial charge in [0.1, 0.15) is 0 Å². The first-order chi connectivity index (χ1) is 17.4. The van der Waals surface area contributed by atoms with Gasteiger partial charge in [0, 0.05) is 48.8 Å². The van der Waals surface area contributed by atoms with Gasteiger partial charge in [-0.05, 0) is 49.6 Å². The second-order valence-corrected chi connectivity index (χ2v) is 8.86. The summed E-state index contributed by atoms with van der Waals surface area (Å²) in [6.07, 6.45) is 3.32. The smallest absolute Gasteiger partial charge is 0.274 e. The van der Waals surface area contributed by atoms with Crippen LogP contribution in [0.15, 0.2) is 71.5 Å². The Morgan fingerprint density at radius 2 is 1.67 bits per heavy atom. The zero-order chi connectivity index (χ0) is 25.2. The zero-order valence-corrected chi connectivity index (χ0v) is 19.8. The number of nitrogens with zero attached hydrogens (tertiary/aromatic N) is 4. The van der Waals surface area contributed by atoms with Gasteiger partial charge in [-0.2, -0.15) is 5.10 Å². The van der Waals surface area contributed by atoms with Crippen molar-refractivity contribution >= 4 is 33.7 Å². The molecule has 0 atom stereocenters. The van der Waals surface area contributed by atoms with E-state index in [9.17, 15) is 19.7 Å². The summed E-state index contributed by atoms with van der Waals surface area (Å²) >= 11 is 0. The fourth-order valence-electron chi connectivity index (χ4n) is 4.64. The molecular weight excluding hydrogens is 458 g/mol. The van der Waals surface area contributed by atoms with Crippen molar-refractivity contribution in [2.45, 2.75) is 19.3 Å². The zero-order valence-electron chi connectivity index (χ0n) is 19.8. The number of amides is 1. The summed E-state index contributed by atoms with van der Waals surface area (Å²) < 4.78 is 1.32. The maximum absolute atomic E-state index is 13.1. The van der Waals surface area contributed by atoms with Gasteiger partial charge in [0.25, 0.3) is 17.2 Å². The number of nitrogens with one attached hydrogen (secondary N) is 1. The number of hydrogen-bond donors (Lipinski definition) is 1. The standard InChI is InChI=1S/C27H25N5O4/c1-30-27(34)22-8-4-3-7-21(22)25(29-30)19-11-14-24(31-15-5-2-6-16-31)23(17-19)28-26(33)18-9-12-20(13-10-18)32(35)36/h3-4,7-14,17H,2,5-6,15-16H2,1H3,(H,28,33). The van der Waals surface area contributed by atoms with Gasteiger partial charge in [0.15, 0.2) is 0 Å². The third-order valence-electron chi connectivity index (χ3n) is 6.51. The van der Waals surface area contributed by atoms with Crippen LogP contribution in [0.4, 0.5) is 17.1 Å². The Morgan fingerprint density at radius 3 is 2.36 bits per heavy atom. The molecular formula is C27H25N5O4. The van der Waals surface area contributed by atoms with E-state index in [0.717, 1.165) is 42.6 Å². The van der Waals surface area contributed by atoms with Gasteiger partial charge in [-0.1, -0.05) is 24.3 Å². The molecule has 36 heavy (non-hydrogen) atoms. The van der Waals surface area contributed by atoms with E-state index >= 15 is 0 Å². The van der Waals surface area contributed by atoms with E-state index in [1.165, 1.54) is 35.4 Å². The molecule has 5 rings (SSSR count). The minimum absolute atomic E-state index is 0.0739. The van der Waals surface area contributed by atoms with Crippen molar-refractivity contribution in [2.24, 2.45) is 7.05 Å². The van der Waals surface area contributed by atoms with Crippen molar-refractivity contribution in [2.75, 3.05) is 23.3 Å². The summed E-state index contributed by atoms with van der Waals surface area (Å²) in [7, 11) is 1.62. The molecule has 1 saturated heterocycles. The Hall–Kier alpha value is -4.53. The molecule has 1 N–H and O–H groups in total. The predicted molar refractivity (Wildman–Crippen MR) is 140 cm³/mol. The van der Waals surface area contributed by atoms with Gasteiger partial charge >= 0.3 is 0 Å². The van der Waals surface area contributed by atoms with Crippen molar-refractivity contribution in [3.63, 3.8) is 0 Å². The molecule has 9 nitrogen and oxygen atoms in total. The Morgan fingerprint density at radius 1 is 0.972 bits per heavy atom. The number of nitro benzene ring substituents is 1. The molecule has 0 saturated carbocycles. The van der Waals surface area contributed by atoms with E-state index in [-0.39, 0.29) is 17.2 Å². The number of non-ortho nitro benzene ring substituents is 1. The number of rotatable bonds is 5. The summed E-state index contributed by atoms with van der Waals surface area (Å²) in [5, 5.41) is 19.8. The first-order valence-electron chi connectivity index (χ1n) is 11.8. The lowest BCUT2D eigenvalue weighted by molar-refractivity contribution is -0.384. The maximum atomic E-state index is 13.1. The molecule has 0 aliphatic carbocycles. The lowest BCUT2D eigenvalue weighted by atomic mass is 10.0. The molecule has 0 unspecified atom stereocenters. The van der Waals surface area contributed by atoms with Crippen molar-refractivity contribution in [3.05, 3.63) is 92.8 Å². The van der Waals surface area contributed by atoms with Crippen LogP contribution in [0.25, 0.3) is 22.0 Å². The maximum Gasteiger partial charge on any atom is 0.274 e. The van der Waals surface area contributed by atoms with E-state index in [2.05, 4.69) is 15.3 Å². The van der Waals surface area contributed by atoms with Gasteiger partial charge in [0.2, 0.25) is 0 Å². The molecule has 1 amide bonds. The van der Waals surface area contributed by atoms with Crippen molar-refractivity contribution < 1.29 is 9.72 Å². The Bertz CT molecular complexity index is 1520. The highest BCUT2D eigenvalue weighted by Crippen LogP contribution is 2.34. The molecule has 1 aliphatic heterocycles. The predicted octanol–water partition coefficient (Wildman–Crippen LogP) is 4.75. The third-order valence-corrected chi connectivity index (χ3v) is 6.51. The topological polar surface area (TPSA) is 110 Å². The van der Waals surface area contributed by atoms with E-state index in [1.54, 1.807) is 13.1 Å². The summed E-state index contributed by atoms with van der Waals surface area (Å²) in [5.41, 5.74) is 3.01. The van der Waals surface area contributed by atoms with E-state index < -0.39 is 4.92 Å². The van der Waals surface area contributed by atoms with Crippen LogP contribution < -0.4 is 15.8 Å². The summed E-state index contributed by atoms with van der Waals surface area (Å²) in [4.78, 5) is 38.5. The fourth-order valence-corrected chi connectivity index (χ4v) is 4.64. The first-order valence-corrected chi connectivity index (χ1v) is 11.8. The largest absolute Gasteiger partial charge is 0.370 e. The van der Waals surface area contributed by atoms with Crippen LogP contribution in [0.1, 0.15) is 29.6 Å². The molecule has 0 spiro atoms. The van der Waals surface area contributed by atoms with E-state index in [1.807, 2.05) is 36.4 Å². The molecule has 1 aliphatic rings. The number of fused-ring (bicyclic) bond motifs is 1. The molecule has 4 aromatic rings. The Kier molecular flexibility index (Phi) is 6.20. The molecule has 3 aromatic carbocycles.